The number of hydrogen-bond acceptors (Lipinski definition) is 2. The molecule has 3 N–H and O–H groups in total. The quantitative estimate of drug-likeness (QED) is 0.646. The smallest absolute Gasteiger partial charge is 0.251 e. The Labute approximate surface area is 103 Å². The van der Waals surface area contributed by atoms with Gasteiger partial charge in [-0.2, -0.15) is 0 Å². The molecule has 0 spiro atoms. The van der Waals surface area contributed by atoms with E-state index in [-0.39, 0.29) is 11.9 Å². The molecular weight excluding hydrogens is 268 g/mol. The predicted molar refractivity (Wildman–Crippen MR) is 68.2 cm³/mol. The Morgan fingerprint density at radius 3 is 2.69 bits per heavy atom. The molecule has 2 rings (SSSR count). The van der Waals surface area contributed by atoms with E-state index < -0.39 is 0 Å². The molecule has 0 saturated heterocycles. The minimum absolute atomic E-state index is 0.0621. The molecule has 1 aromatic rings. The number of nitrogens with one attached hydrogen (secondary N) is 1. The van der Waals surface area contributed by atoms with Crippen LogP contribution in [0.4, 0.5) is 5.69 Å². The van der Waals surface area contributed by atoms with E-state index in [2.05, 4.69) is 33.4 Å². The van der Waals surface area contributed by atoms with Crippen LogP contribution in [-0.4, -0.2) is 11.9 Å². The second-order valence-electron chi connectivity index (χ2n) is 3.85. The molecular formula is C12H13BrN2O. The Balaban J connectivity index is 2.05. The summed E-state index contributed by atoms with van der Waals surface area (Å²) in [6.07, 6.45) is 6.00. The average Bonchev–Trinajstić information content (AvgIpc) is 2.74. The highest BCUT2D eigenvalue weighted by molar-refractivity contribution is 9.10. The monoisotopic (exact) mass is 280 g/mol. The highest BCUT2D eigenvalue weighted by Gasteiger charge is 2.14. The van der Waals surface area contributed by atoms with E-state index in [1.54, 1.807) is 18.2 Å². The Bertz CT molecular complexity index is 435. The maximum absolute atomic E-state index is 11.9. The molecule has 1 aromatic carbocycles. The van der Waals surface area contributed by atoms with Gasteiger partial charge in [0.25, 0.3) is 5.91 Å². The molecule has 1 aliphatic carbocycles. The molecule has 0 aromatic heterocycles. The van der Waals surface area contributed by atoms with Gasteiger partial charge in [-0.25, -0.2) is 0 Å². The van der Waals surface area contributed by atoms with Crippen molar-refractivity contribution in [2.45, 2.75) is 18.9 Å². The van der Waals surface area contributed by atoms with Crippen molar-refractivity contribution in [3.63, 3.8) is 0 Å². The second kappa shape index (κ2) is 4.70. The summed E-state index contributed by atoms with van der Waals surface area (Å²) in [7, 11) is 0. The summed E-state index contributed by atoms with van der Waals surface area (Å²) in [5, 5.41) is 2.97. The van der Waals surface area contributed by atoms with Crippen molar-refractivity contribution in [3.8, 4) is 0 Å². The van der Waals surface area contributed by atoms with Crippen molar-refractivity contribution in [2.75, 3.05) is 5.73 Å². The molecule has 4 heteroatoms. The third kappa shape index (κ3) is 2.44. The van der Waals surface area contributed by atoms with E-state index in [1.165, 1.54) is 0 Å². The lowest BCUT2D eigenvalue weighted by Crippen LogP contribution is -2.32. The van der Waals surface area contributed by atoms with Gasteiger partial charge in [-0.15, -0.1) is 0 Å². The van der Waals surface area contributed by atoms with Gasteiger partial charge in [-0.05, 0) is 47.0 Å². The van der Waals surface area contributed by atoms with E-state index in [0.717, 1.165) is 17.3 Å². The van der Waals surface area contributed by atoms with Crippen molar-refractivity contribution in [3.05, 3.63) is 40.4 Å². The summed E-state index contributed by atoms with van der Waals surface area (Å²) < 4.78 is 0.812. The van der Waals surface area contributed by atoms with Gasteiger partial charge in [0.2, 0.25) is 0 Å². The molecule has 0 bridgehead atoms. The molecule has 0 unspecified atom stereocenters. The first-order chi connectivity index (χ1) is 7.66. The molecule has 0 fully saturated rings. The van der Waals surface area contributed by atoms with E-state index in [0.29, 0.717) is 11.3 Å². The number of anilines is 1. The third-order valence-electron chi connectivity index (χ3n) is 2.60. The fourth-order valence-electron chi connectivity index (χ4n) is 1.69. The number of hydrogen-bond donors (Lipinski definition) is 2. The molecule has 0 saturated carbocycles. The Hall–Kier alpha value is -1.29. The maximum Gasteiger partial charge on any atom is 0.251 e. The molecule has 3 nitrogen and oxygen atoms in total. The van der Waals surface area contributed by atoms with Crippen LogP contribution in [0.1, 0.15) is 23.2 Å². The molecule has 16 heavy (non-hydrogen) atoms. The summed E-state index contributed by atoms with van der Waals surface area (Å²) in [5.41, 5.74) is 6.91. The van der Waals surface area contributed by atoms with Crippen molar-refractivity contribution in [1.82, 2.24) is 5.32 Å². The normalized spacial score (nSPS) is 15.3. The number of carbonyl (C=O) groups excluding carboxylic acids is 1. The SMILES string of the molecule is Nc1cc(C(=O)NC2CC=CC2)ccc1Br. The lowest BCUT2D eigenvalue weighted by molar-refractivity contribution is 0.0939. The summed E-state index contributed by atoms with van der Waals surface area (Å²) in [6, 6.07) is 5.47. The zero-order chi connectivity index (χ0) is 11.5. The fraction of sp³-hybridized carbons (Fsp3) is 0.250. The zero-order valence-electron chi connectivity index (χ0n) is 8.74. The molecule has 1 aliphatic rings. The van der Waals surface area contributed by atoms with Crippen LogP contribution in [0.3, 0.4) is 0 Å². The standard InChI is InChI=1S/C12H13BrN2O/c13-10-6-5-8(7-11(10)14)12(16)15-9-3-1-2-4-9/h1-2,5-7,9H,3-4,14H2,(H,15,16). The zero-order valence-corrected chi connectivity index (χ0v) is 10.3. The summed E-state index contributed by atoms with van der Waals surface area (Å²) in [5.74, 6) is -0.0621. The van der Waals surface area contributed by atoms with Gasteiger partial charge < -0.3 is 11.1 Å². The number of carbonyl (C=O) groups is 1. The Kier molecular flexibility index (Phi) is 3.29. The summed E-state index contributed by atoms with van der Waals surface area (Å²) >= 11 is 3.30. The number of nitrogen functional groups attached to an aromatic ring is 1. The van der Waals surface area contributed by atoms with Crippen molar-refractivity contribution in [2.24, 2.45) is 0 Å². The summed E-state index contributed by atoms with van der Waals surface area (Å²) in [6.45, 7) is 0. The van der Waals surface area contributed by atoms with Gasteiger partial charge >= 0.3 is 0 Å². The fourth-order valence-corrected chi connectivity index (χ4v) is 1.94. The number of nitrogens with two attached hydrogens (primary N) is 1. The van der Waals surface area contributed by atoms with Crippen LogP contribution in [-0.2, 0) is 0 Å². The van der Waals surface area contributed by atoms with Gasteiger partial charge in [-0.3, -0.25) is 4.79 Å². The molecule has 0 heterocycles. The average molecular weight is 281 g/mol. The van der Waals surface area contributed by atoms with E-state index in [9.17, 15) is 4.79 Å². The van der Waals surface area contributed by atoms with Gasteiger partial charge in [-0.1, -0.05) is 12.2 Å². The van der Waals surface area contributed by atoms with Gasteiger partial charge in [0, 0.05) is 21.8 Å². The van der Waals surface area contributed by atoms with Crippen LogP contribution in [0.25, 0.3) is 0 Å². The first kappa shape index (κ1) is 11.2. The van der Waals surface area contributed by atoms with Crippen LogP contribution in [0.15, 0.2) is 34.8 Å². The highest BCUT2D eigenvalue weighted by Crippen LogP contribution is 2.20. The first-order valence-electron chi connectivity index (χ1n) is 5.17. The lowest BCUT2D eigenvalue weighted by atomic mass is 10.1. The van der Waals surface area contributed by atoms with Crippen molar-refractivity contribution >= 4 is 27.5 Å². The molecule has 0 aliphatic heterocycles. The largest absolute Gasteiger partial charge is 0.398 e. The van der Waals surface area contributed by atoms with Crippen LogP contribution in [0, 0.1) is 0 Å². The Morgan fingerprint density at radius 1 is 1.38 bits per heavy atom. The topological polar surface area (TPSA) is 55.1 Å². The first-order valence-corrected chi connectivity index (χ1v) is 5.97. The van der Waals surface area contributed by atoms with E-state index in [1.807, 2.05) is 0 Å². The van der Waals surface area contributed by atoms with Crippen molar-refractivity contribution < 1.29 is 4.79 Å². The Morgan fingerprint density at radius 2 is 2.06 bits per heavy atom. The van der Waals surface area contributed by atoms with Crippen LogP contribution < -0.4 is 11.1 Å². The molecule has 84 valence electrons. The van der Waals surface area contributed by atoms with Crippen molar-refractivity contribution in [1.29, 1.82) is 0 Å². The maximum atomic E-state index is 11.9. The highest BCUT2D eigenvalue weighted by atomic mass is 79.9. The minimum Gasteiger partial charge on any atom is -0.398 e. The van der Waals surface area contributed by atoms with Gasteiger partial charge in [0.15, 0.2) is 0 Å². The number of halogens is 1. The third-order valence-corrected chi connectivity index (χ3v) is 3.32. The van der Waals surface area contributed by atoms with E-state index >= 15 is 0 Å². The summed E-state index contributed by atoms with van der Waals surface area (Å²) in [4.78, 5) is 11.9. The molecule has 1 amide bonds. The molecule has 0 radical (unpaired) electrons. The predicted octanol–water partition coefficient (Wildman–Crippen LogP) is 2.48. The number of rotatable bonds is 2. The van der Waals surface area contributed by atoms with Gasteiger partial charge in [0.1, 0.15) is 0 Å². The molecule has 0 atom stereocenters. The second-order valence-corrected chi connectivity index (χ2v) is 4.70. The number of benzene rings is 1. The number of amides is 1. The van der Waals surface area contributed by atoms with Crippen LogP contribution in [0.2, 0.25) is 0 Å². The van der Waals surface area contributed by atoms with Crippen LogP contribution in [0.5, 0.6) is 0 Å². The van der Waals surface area contributed by atoms with E-state index in [4.69, 9.17) is 5.73 Å². The lowest BCUT2D eigenvalue weighted by Gasteiger charge is -2.12. The van der Waals surface area contributed by atoms with Crippen LogP contribution >= 0.6 is 15.9 Å². The van der Waals surface area contributed by atoms with Gasteiger partial charge in [0.05, 0.1) is 0 Å². The minimum atomic E-state index is -0.0621.